The molecule has 0 N–H and O–H groups in total. The predicted octanol–water partition coefficient (Wildman–Crippen LogP) is 9.45. The van der Waals surface area contributed by atoms with Crippen molar-refractivity contribution in [3.8, 4) is 0 Å². The van der Waals surface area contributed by atoms with E-state index < -0.39 is 144 Å². The van der Waals surface area contributed by atoms with Crippen molar-refractivity contribution in [3.63, 3.8) is 0 Å². The minimum absolute atomic E-state index is 0.748. The number of benzene rings is 6. The van der Waals surface area contributed by atoms with Crippen LogP contribution in [0.2, 0.25) is 0 Å². The van der Waals surface area contributed by atoms with Crippen LogP contribution in [0.3, 0.4) is 0 Å². The smallest absolute Gasteiger partial charge is 0.207 e. The molecule has 0 aliphatic heterocycles. The monoisotopic (exact) mass is 945 g/mol. The Hall–Kier alpha value is -6.26. The highest BCUT2D eigenvalue weighted by atomic mass is 32.1. The molecule has 6 aromatic carbocycles. The quantitative estimate of drug-likeness (QED) is 0.0406. The van der Waals surface area contributed by atoms with Crippen molar-refractivity contribution in [1.29, 1.82) is 0 Å². The molecule has 1 aromatic heterocycles. The standard InChI is InChI=1S/C24BF20.C17H15NS/c26-5-1(6(27)14(35)21(42)13(5)34)25(2-7(28)15(36)22(43)16(37)8(2)29,3-9(30)17(38)23(44)18(39)10(3)31)4-11(32)19(40)24(45)20(41)12(4)33;19-13-16-11-10-15-8-4-5-9-17(15)18(16)12-14-6-2-1-3-7-14/h;1-11H,12-13H2/q-1;/p+1. The number of aromatic nitrogens is 1. The van der Waals surface area contributed by atoms with E-state index in [1.54, 1.807) is 0 Å². The maximum absolute atomic E-state index is 15.4. The average Bonchev–Trinajstić information content (AvgIpc) is 3.29. The van der Waals surface area contributed by atoms with Crippen LogP contribution in [-0.2, 0) is 12.3 Å². The number of thiol groups is 1. The van der Waals surface area contributed by atoms with Crippen molar-refractivity contribution in [2.75, 3.05) is 0 Å². The summed E-state index contributed by atoms with van der Waals surface area (Å²) < 4.78 is 296. The molecule has 0 aliphatic carbocycles. The maximum Gasteiger partial charge on any atom is 0.213 e. The summed E-state index contributed by atoms with van der Waals surface area (Å²) >= 11 is 4.45. The van der Waals surface area contributed by atoms with Crippen LogP contribution < -0.4 is 26.4 Å². The van der Waals surface area contributed by atoms with Gasteiger partial charge in [0.15, 0.2) is 82.0 Å². The Labute approximate surface area is 350 Å². The highest BCUT2D eigenvalue weighted by Crippen LogP contribution is 2.31. The summed E-state index contributed by atoms with van der Waals surface area (Å²) in [6.45, 7) is 0.887. The number of nitrogens with zero attached hydrogens (tertiary/aromatic N) is 1. The number of rotatable bonds is 7. The van der Waals surface area contributed by atoms with Gasteiger partial charge in [-0.25, -0.2) is 87.8 Å². The minimum atomic E-state index is -7.22. The largest absolute Gasteiger partial charge is 0.213 e. The van der Waals surface area contributed by atoms with E-state index in [1.807, 2.05) is 0 Å². The fourth-order valence-electron chi connectivity index (χ4n) is 7.27. The second-order valence-corrected chi connectivity index (χ2v) is 13.7. The molecule has 0 spiro atoms. The Morgan fingerprint density at radius 1 is 0.328 bits per heavy atom. The Balaban J connectivity index is 0.000000295. The van der Waals surface area contributed by atoms with E-state index in [0.29, 0.717) is 0 Å². The van der Waals surface area contributed by atoms with Gasteiger partial charge in [0, 0.05) is 23.1 Å². The molecule has 64 heavy (non-hydrogen) atoms. The Kier molecular flexibility index (Phi) is 13.1. The molecule has 23 heteroatoms. The minimum Gasteiger partial charge on any atom is -0.207 e. The van der Waals surface area contributed by atoms with Gasteiger partial charge in [-0.3, -0.25) is 0 Å². The van der Waals surface area contributed by atoms with Crippen molar-refractivity contribution in [3.05, 3.63) is 194 Å². The topological polar surface area (TPSA) is 3.88 Å². The number of hydrogen-bond acceptors (Lipinski definition) is 1. The zero-order valence-corrected chi connectivity index (χ0v) is 31.7. The highest BCUT2D eigenvalue weighted by molar-refractivity contribution is 7.79. The van der Waals surface area contributed by atoms with Crippen molar-refractivity contribution in [2.24, 2.45) is 0 Å². The third-order valence-corrected chi connectivity index (χ3v) is 10.4. The van der Waals surface area contributed by atoms with Gasteiger partial charge < -0.3 is 0 Å². The van der Waals surface area contributed by atoms with Crippen LogP contribution in [0.25, 0.3) is 10.9 Å². The van der Waals surface area contributed by atoms with Gasteiger partial charge in [-0.15, -0.1) is 21.9 Å². The SMILES string of the molecule is Fc1c(F)c(F)c([B-](c2c(F)c(F)c(F)c(F)c2F)(c2c(F)c(F)c(F)c(F)c2F)c2c(F)c(F)c(F)c(F)c2F)c(F)c1F.SCc1ccc2ccccc2[n+]1Cc1ccccc1. The molecule has 0 unspecified atom stereocenters. The third-order valence-electron chi connectivity index (χ3n) is 10.1. The molecule has 0 bridgehead atoms. The first kappa shape index (κ1) is 47.2. The Bertz CT molecular complexity index is 2640. The summed E-state index contributed by atoms with van der Waals surface area (Å²) in [5, 5.41) is 1.27. The van der Waals surface area contributed by atoms with Crippen molar-refractivity contribution >= 4 is 51.5 Å². The molecule has 0 radical (unpaired) electrons. The molecule has 334 valence electrons. The van der Waals surface area contributed by atoms with E-state index in [9.17, 15) is 52.7 Å². The molecule has 0 saturated carbocycles. The van der Waals surface area contributed by atoms with E-state index in [1.165, 1.54) is 22.2 Å². The van der Waals surface area contributed by atoms with Crippen LogP contribution in [0, 0.1) is 116 Å². The van der Waals surface area contributed by atoms with Gasteiger partial charge in [0.05, 0.1) is 5.75 Å². The number of para-hydroxylation sites is 1. The van der Waals surface area contributed by atoms with Gasteiger partial charge in [-0.05, 0) is 12.1 Å². The number of fused-ring (bicyclic) bond motifs is 1. The maximum atomic E-state index is 15.4. The molecular formula is C41H16BF20NS. The van der Waals surface area contributed by atoms with Crippen molar-refractivity contribution in [1.82, 2.24) is 0 Å². The zero-order valence-electron chi connectivity index (χ0n) is 30.8. The van der Waals surface area contributed by atoms with E-state index in [-0.39, 0.29) is 0 Å². The normalized spacial score (nSPS) is 11.6. The number of halogens is 20. The first-order chi connectivity index (χ1) is 30.1. The molecule has 0 aliphatic rings. The molecule has 0 atom stereocenters. The van der Waals surface area contributed by atoms with Gasteiger partial charge in [-0.2, -0.15) is 17.2 Å². The van der Waals surface area contributed by atoms with Crippen LogP contribution in [0.4, 0.5) is 87.8 Å². The van der Waals surface area contributed by atoms with Crippen molar-refractivity contribution < 1.29 is 92.4 Å². The average molecular weight is 945 g/mol. The first-order valence-corrected chi connectivity index (χ1v) is 18.0. The van der Waals surface area contributed by atoms with Crippen LogP contribution in [0.5, 0.6) is 0 Å². The molecule has 7 rings (SSSR count). The van der Waals surface area contributed by atoms with Crippen molar-refractivity contribution in [2.45, 2.75) is 12.3 Å². The zero-order chi connectivity index (χ0) is 47.4. The second-order valence-electron chi connectivity index (χ2n) is 13.4. The van der Waals surface area contributed by atoms with Crippen LogP contribution >= 0.6 is 12.6 Å². The van der Waals surface area contributed by atoms with E-state index in [4.69, 9.17) is 0 Å². The van der Waals surface area contributed by atoms with Gasteiger partial charge in [0.25, 0.3) is 0 Å². The first-order valence-electron chi connectivity index (χ1n) is 17.4. The summed E-state index contributed by atoms with van der Waals surface area (Å²) in [6, 6.07) is 23.4. The fourth-order valence-corrected chi connectivity index (χ4v) is 7.55. The highest BCUT2D eigenvalue weighted by Gasteiger charge is 2.52. The number of pyridine rings is 1. The van der Waals surface area contributed by atoms with E-state index >= 15 is 35.1 Å². The summed E-state index contributed by atoms with van der Waals surface area (Å²) in [5.41, 5.74) is -10.5. The lowest BCUT2D eigenvalue weighted by Crippen LogP contribution is -2.81. The van der Waals surface area contributed by atoms with E-state index in [2.05, 4.69) is 83.9 Å². The molecule has 0 amide bonds. The second kappa shape index (κ2) is 17.7. The van der Waals surface area contributed by atoms with Gasteiger partial charge >= 0.3 is 0 Å². The lowest BCUT2D eigenvalue weighted by Gasteiger charge is -2.44. The van der Waals surface area contributed by atoms with Gasteiger partial charge in [0.2, 0.25) is 5.52 Å². The summed E-state index contributed by atoms with van der Waals surface area (Å²) in [4.78, 5) is 0. The van der Waals surface area contributed by atoms with Gasteiger partial charge in [-0.1, -0.05) is 42.5 Å². The summed E-state index contributed by atoms with van der Waals surface area (Å²) in [5.74, 6) is -70.7. The van der Waals surface area contributed by atoms with Crippen LogP contribution in [-0.4, -0.2) is 6.15 Å². The van der Waals surface area contributed by atoms with Gasteiger partial charge in [0.1, 0.15) is 52.7 Å². The lowest BCUT2D eigenvalue weighted by molar-refractivity contribution is -0.669. The number of hydrogen-bond donors (Lipinski definition) is 1. The predicted molar refractivity (Wildman–Crippen MR) is 192 cm³/mol. The lowest BCUT2D eigenvalue weighted by atomic mass is 9.12. The van der Waals surface area contributed by atoms with Crippen LogP contribution in [0.15, 0.2) is 66.7 Å². The molecule has 7 aromatic rings. The Morgan fingerprint density at radius 2 is 0.609 bits per heavy atom. The fraction of sp³-hybridized carbons (Fsp3) is 0.0488. The third kappa shape index (κ3) is 7.26. The van der Waals surface area contributed by atoms with Crippen LogP contribution in [0.1, 0.15) is 11.3 Å². The molecule has 0 fully saturated rings. The summed E-state index contributed by atoms with van der Waals surface area (Å²) in [7, 11) is 0. The molecule has 0 saturated heterocycles. The Morgan fingerprint density at radius 3 is 0.922 bits per heavy atom. The molecule has 1 heterocycles. The molecule has 1 nitrogen and oxygen atoms in total. The molecular weight excluding hydrogens is 929 g/mol. The summed E-state index contributed by atoms with van der Waals surface area (Å²) in [6.07, 6.45) is -7.22. The van der Waals surface area contributed by atoms with E-state index in [0.717, 1.165) is 12.3 Å².